The predicted molar refractivity (Wildman–Crippen MR) is 99.0 cm³/mol. The monoisotopic (exact) mass is 357 g/mol. The molecule has 1 amide bonds. The molecule has 2 aromatic carbocycles. The van der Waals surface area contributed by atoms with Gasteiger partial charge in [0.15, 0.2) is 9.84 Å². The highest BCUT2D eigenvalue weighted by Gasteiger charge is 2.25. The number of hydrogen-bond donors (Lipinski definition) is 0. The van der Waals surface area contributed by atoms with Crippen LogP contribution in [0.15, 0.2) is 42.5 Å². The van der Waals surface area contributed by atoms with Crippen LogP contribution in [0.25, 0.3) is 0 Å². The Morgan fingerprint density at radius 3 is 2.56 bits per heavy atom. The van der Waals surface area contributed by atoms with E-state index in [2.05, 4.69) is 6.07 Å². The van der Waals surface area contributed by atoms with Gasteiger partial charge in [-0.15, -0.1) is 0 Å². The number of hydrogen-bond acceptors (Lipinski definition) is 3. The van der Waals surface area contributed by atoms with Crippen molar-refractivity contribution in [2.75, 3.05) is 12.3 Å². The fraction of sp³-hybridized carbons (Fsp3) is 0.350. The zero-order valence-electron chi connectivity index (χ0n) is 14.7. The molecule has 1 heterocycles. The standard InChI is InChI=1S/C20H23NO3S/c1-15-7-8-16(2)19(11-15)13-25(23,24)14-20(22)21-10-9-17-5-3-4-6-18(17)12-21/h3-8,11H,9-10,12-14H2,1-2H3. The van der Waals surface area contributed by atoms with Crippen molar-refractivity contribution in [3.63, 3.8) is 0 Å². The molecule has 0 spiro atoms. The summed E-state index contributed by atoms with van der Waals surface area (Å²) in [6, 6.07) is 13.8. The molecule has 132 valence electrons. The van der Waals surface area contributed by atoms with E-state index < -0.39 is 15.6 Å². The molecule has 0 atom stereocenters. The van der Waals surface area contributed by atoms with Crippen molar-refractivity contribution in [3.8, 4) is 0 Å². The van der Waals surface area contributed by atoms with E-state index in [0.717, 1.165) is 28.7 Å². The normalized spacial score (nSPS) is 14.2. The number of fused-ring (bicyclic) bond motifs is 1. The van der Waals surface area contributed by atoms with Crippen molar-refractivity contribution in [1.29, 1.82) is 0 Å². The lowest BCUT2D eigenvalue weighted by Crippen LogP contribution is -2.39. The topological polar surface area (TPSA) is 54.5 Å². The number of benzene rings is 2. The summed E-state index contributed by atoms with van der Waals surface area (Å²) in [5, 5.41) is 0. The second kappa shape index (κ2) is 7.00. The van der Waals surface area contributed by atoms with Gasteiger partial charge in [0, 0.05) is 13.1 Å². The van der Waals surface area contributed by atoms with Crippen molar-refractivity contribution >= 4 is 15.7 Å². The minimum atomic E-state index is -3.49. The maximum absolute atomic E-state index is 12.5. The average molecular weight is 357 g/mol. The minimum Gasteiger partial charge on any atom is -0.337 e. The zero-order valence-corrected chi connectivity index (χ0v) is 15.5. The van der Waals surface area contributed by atoms with Gasteiger partial charge in [-0.05, 0) is 42.5 Å². The molecule has 0 saturated carbocycles. The molecule has 0 N–H and O–H groups in total. The maximum Gasteiger partial charge on any atom is 0.238 e. The third kappa shape index (κ3) is 4.28. The quantitative estimate of drug-likeness (QED) is 0.845. The molecule has 3 rings (SSSR count). The first-order valence-corrected chi connectivity index (χ1v) is 10.3. The summed E-state index contributed by atoms with van der Waals surface area (Å²) in [6.07, 6.45) is 0.777. The van der Waals surface area contributed by atoms with Crippen molar-refractivity contribution in [2.45, 2.75) is 32.6 Å². The summed E-state index contributed by atoms with van der Waals surface area (Å²) < 4.78 is 25.0. The van der Waals surface area contributed by atoms with Crippen molar-refractivity contribution in [1.82, 2.24) is 4.90 Å². The summed E-state index contributed by atoms with van der Waals surface area (Å²) in [6.45, 7) is 4.91. The SMILES string of the molecule is Cc1ccc(C)c(CS(=O)(=O)CC(=O)N2CCc3ccccc3C2)c1. The van der Waals surface area contributed by atoms with Gasteiger partial charge < -0.3 is 4.90 Å². The molecule has 0 fully saturated rings. The highest BCUT2D eigenvalue weighted by atomic mass is 32.2. The predicted octanol–water partition coefficient (Wildman–Crippen LogP) is 2.80. The average Bonchev–Trinajstić information content (AvgIpc) is 2.57. The van der Waals surface area contributed by atoms with E-state index >= 15 is 0 Å². The zero-order chi connectivity index (χ0) is 18.0. The van der Waals surface area contributed by atoms with Crippen LogP contribution in [-0.4, -0.2) is 31.5 Å². The van der Waals surface area contributed by atoms with Gasteiger partial charge in [-0.25, -0.2) is 8.42 Å². The smallest absolute Gasteiger partial charge is 0.238 e. The lowest BCUT2D eigenvalue weighted by molar-refractivity contribution is -0.129. The Balaban J connectivity index is 1.69. The van der Waals surface area contributed by atoms with Crippen LogP contribution in [0.5, 0.6) is 0 Å². The van der Waals surface area contributed by atoms with Crippen LogP contribution >= 0.6 is 0 Å². The second-order valence-corrected chi connectivity index (χ2v) is 8.86. The molecule has 4 nitrogen and oxygen atoms in total. The number of aryl methyl sites for hydroxylation is 2. The molecule has 1 aliphatic heterocycles. The van der Waals surface area contributed by atoms with E-state index in [1.807, 2.05) is 50.2 Å². The van der Waals surface area contributed by atoms with Gasteiger partial charge in [0.2, 0.25) is 5.91 Å². The fourth-order valence-corrected chi connectivity index (χ4v) is 4.68. The highest BCUT2D eigenvalue weighted by Crippen LogP contribution is 2.20. The van der Waals surface area contributed by atoms with Crippen LogP contribution in [0.1, 0.15) is 27.8 Å². The van der Waals surface area contributed by atoms with Crippen LogP contribution in [0, 0.1) is 13.8 Å². The van der Waals surface area contributed by atoms with E-state index in [-0.39, 0.29) is 11.7 Å². The number of rotatable bonds is 4. The van der Waals surface area contributed by atoms with Crippen LogP contribution in [0.2, 0.25) is 0 Å². The molecule has 0 saturated heterocycles. The highest BCUT2D eigenvalue weighted by molar-refractivity contribution is 7.91. The van der Waals surface area contributed by atoms with E-state index in [0.29, 0.717) is 13.1 Å². The first-order valence-electron chi connectivity index (χ1n) is 8.45. The molecule has 1 aliphatic rings. The molecule has 0 aliphatic carbocycles. The Kier molecular flexibility index (Phi) is 4.95. The number of nitrogens with zero attached hydrogens (tertiary/aromatic N) is 1. The summed E-state index contributed by atoms with van der Waals surface area (Å²) in [4.78, 5) is 14.2. The first kappa shape index (κ1) is 17.7. The molecule has 0 aromatic heterocycles. The fourth-order valence-electron chi connectivity index (χ4n) is 3.23. The number of carbonyl (C=O) groups excluding carboxylic acids is 1. The van der Waals surface area contributed by atoms with Crippen LogP contribution in [0.3, 0.4) is 0 Å². The largest absolute Gasteiger partial charge is 0.337 e. The molecule has 0 radical (unpaired) electrons. The number of sulfone groups is 1. The number of carbonyl (C=O) groups is 1. The minimum absolute atomic E-state index is 0.0866. The summed E-state index contributed by atoms with van der Waals surface area (Å²) >= 11 is 0. The van der Waals surface area contributed by atoms with Gasteiger partial charge in [0.1, 0.15) is 5.75 Å². The van der Waals surface area contributed by atoms with Crippen LogP contribution < -0.4 is 0 Å². The van der Waals surface area contributed by atoms with Gasteiger partial charge in [0.05, 0.1) is 5.75 Å². The van der Waals surface area contributed by atoms with Gasteiger partial charge in [0.25, 0.3) is 0 Å². The van der Waals surface area contributed by atoms with Gasteiger partial charge in [-0.1, -0.05) is 48.0 Å². The molecule has 25 heavy (non-hydrogen) atoms. The van der Waals surface area contributed by atoms with E-state index in [9.17, 15) is 13.2 Å². The van der Waals surface area contributed by atoms with Gasteiger partial charge >= 0.3 is 0 Å². The van der Waals surface area contributed by atoms with Crippen LogP contribution in [-0.2, 0) is 33.4 Å². The van der Waals surface area contributed by atoms with Crippen molar-refractivity contribution < 1.29 is 13.2 Å². The molecule has 5 heteroatoms. The number of amides is 1. The summed E-state index contributed by atoms with van der Waals surface area (Å²) in [5.74, 6) is -0.820. The molecular formula is C20H23NO3S. The van der Waals surface area contributed by atoms with Crippen LogP contribution in [0.4, 0.5) is 0 Å². The summed E-state index contributed by atoms with van der Waals surface area (Å²) in [7, 11) is -3.49. The van der Waals surface area contributed by atoms with Crippen molar-refractivity contribution in [3.05, 3.63) is 70.3 Å². The van der Waals surface area contributed by atoms with Crippen molar-refractivity contribution in [2.24, 2.45) is 0 Å². The molecule has 2 aromatic rings. The third-order valence-electron chi connectivity index (χ3n) is 4.71. The first-order chi connectivity index (χ1) is 11.8. The Labute approximate surface area is 149 Å². The van der Waals surface area contributed by atoms with E-state index in [4.69, 9.17) is 0 Å². The van der Waals surface area contributed by atoms with Gasteiger partial charge in [-0.3, -0.25) is 4.79 Å². The third-order valence-corrected chi connectivity index (χ3v) is 6.14. The Morgan fingerprint density at radius 2 is 1.80 bits per heavy atom. The molecule has 0 bridgehead atoms. The second-order valence-electron chi connectivity index (χ2n) is 6.80. The Morgan fingerprint density at radius 1 is 1.08 bits per heavy atom. The van der Waals surface area contributed by atoms with E-state index in [1.165, 1.54) is 5.56 Å². The van der Waals surface area contributed by atoms with E-state index in [1.54, 1.807) is 4.90 Å². The maximum atomic E-state index is 12.5. The Bertz CT molecular complexity index is 903. The lowest BCUT2D eigenvalue weighted by Gasteiger charge is -2.28. The summed E-state index contributed by atoms with van der Waals surface area (Å²) in [5.41, 5.74) is 5.08. The molecule has 0 unspecified atom stereocenters. The Hall–Kier alpha value is -2.14. The molecular weight excluding hydrogens is 334 g/mol. The van der Waals surface area contributed by atoms with Gasteiger partial charge in [-0.2, -0.15) is 0 Å². The lowest BCUT2D eigenvalue weighted by atomic mass is 10.00.